The van der Waals surface area contributed by atoms with Crippen molar-refractivity contribution in [3.05, 3.63) is 22.7 Å². The van der Waals surface area contributed by atoms with Crippen molar-refractivity contribution in [2.45, 2.75) is 37.2 Å². The molecular formula is C11H15BrFN3O2. The van der Waals surface area contributed by atoms with Crippen LogP contribution in [0.15, 0.2) is 17.1 Å². The summed E-state index contributed by atoms with van der Waals surface area (Å²) in [6.07, 6.45) is 0.795. The van der Waals surface area contributed by atoms with Gasteiger partial charge in [-0.15, -0.1) is 0 Å². The number of nitrogen functional groups attached to an aromatic ring is 1. The van der Waals surface area contributed by atoms with Gasteiger partial charge in [0.15, 0.2) is 6.23 Å². The average molecular weight is 320 g/mol. The summed E-state index contributed by atoms with van der Waals surface area (Å²) in [6, 6.07) is 1.44. The number of hydrogen-bond donors (Lipinski definition) is 1. The fraction of sp³-hybridized carbons (Fsp3) is 0.636. The second-order valence-electron chi connectivity index (χ2n) is 4.44. The Kier molecular flexibility index (Phi) is 3.46. The zero-order valence-electron chi connectivity index (χ0n) is 10.1. The van der Waals surface area contributed by atoms with Crippen molar-refractivity contribution >= 4 is 21.7 Å². The van der Waals surface area contributed by atoms with Gasteiger partial charge in [0.1, 0.15) is 5.82 Å². The van der Waals surface area contributed by atoms with E-state index in [2.05, 4.69) is 20.9 Å². The van der Waals surface area contributed by atoms with E-state index in [9.17, 15) is 9.18 Å². The van der Waals surface area contributed by atoms with Gasteiger partial charge >= 0.3 is 5.69 Å². The molecule has 0 saturated carbocycles. The summed E-state index contributed by atoms with van der Waals surface area (Å²) in [4.78, 5) is 15.3. The first-order valence-electron chi connectivity index (χ1n) is 5.75. The molecule has 1 aliphatic heterocycles. The van der Waals surface area contributed by atoms with Crippen LogP contribution < -0.4 is 11.4 Å². The molecular weight excluding hydrogens is 305 g/mol. The lowest BCUT2D eigenvalue weighted by molar-refractivity contribution is -0.0287. The number of alkyl halides is 2. The van der Waals surface area contributed by atoms with E-state index < -0.39 is 16.5 Å². The molecule has 0 spiro atoms. The third-order valence-corrected chi connectivity index (χ3v) is 4.42. The van der Waals surface area contributed by atoms with Gasteiger partial charge in [0.2, 0.25) is 4.58 Å². The number of ether oxygens (including phenoxy) is 1. The van der Waals surface area contributed by atoms with Crippen LogP contribution in [-0.4, -0.2) is 20.2 Å². The summed E-state index contributed by atoms with van der Waals surface area (Å²) >= 11 is 3.03. The zero-order chi connectivity index (χ0) is 13.5. The Bertz CT molecular complexity index is 505. The monoisotopic (exact) mass is 319 g/mol. The van der Waals surface area contributed by atoms with Crippen molar-refractivity contribution in [2.75, 3.05) is 5.73 Å². The minimum absolute atomic E-state index is 0.105. The van der Waals surface area contributed by atoms with E-state index in [-0.39, 0.29) is 17.8 Å². The fourth-order valence-electron chi connectivity index (χ4n) is 2.15. The highest BCUT2D eigenvalue weighted by molar-refractivity contribution is 9.10. The number of hydrogen-bond acceptors (Lipinski definition) is 4. The van der Waals surface area contributed by atoms with Gasteiger partial charge in [0, 0.05) is 12.1 Å². The highest BCUT2D eigenvalue weighted by Gasteiger charge is 2.54. The molecule has 0 amide bonds. The van der Waals surface area contributed by atoms with E-state index in [1.54, 1.807) is 6.92 Å². The summed E-state index contributed by atoms with van der Waals surface area (Å²) < 4.78 is 19.6. The van der Waals surface area contributed by atoms with Gasteiger partial charge in [-0.25, -0.2) is 9.18 Å². The summed E-state index contributed by atoms with van der Waals surface area (Å²) in [7, 11) is 0. The number of anilines is 1. The fourth-order valence-corrected chi connectivity index (χ4v) is 2.78. The van der Waals surface area contributed by atoms with Gasteiger partial charge in [-0.1, -0.05) is 13.8 Å². The summed E-state index contributed by atoms with van der Waals surface area (Å²) in [6.45, 7) is 3.66. The molecule has 2 N–H and O–H groups in total. The third-order valence-electron chi connectivity index (χ3n) is 3.30. The average Bonchev–Trinajstić information content (AvgIpc) is 2.52. The van der Waals surface area contributed by atoms with Gasteiger partial charge in [-0.05, 0) is 28.4 Å². The molecule has 7 heteroatoms. The Morgan fingerprint density at radius 2 is 2.39 bits per heavy atom. The lowest BCUT2D eigenvalue weighted by Crippen LogP contribution is -2.36. The molecule has 1 saturated heterocycles. The van der Waals surface area contributed by atoms with Crippen LogP contribution in [0.4, 0.5) is 10.2 Å². The minimum atomic E-state index is -1.80. The topological polar surface area (TPSA) is 70.1 Å². The number of nitrogens with two attached hydrogens (primary N) is 1. The Labute approximate surface area is 112 Å². The maximum absolute atomic E-state index is 14.6. The van der Waals surface area contributed by atoms with Crippen molar-refractivity contribution in [3.63, 3.8) is 0 Å². The predicted octanol–water partition coefficient (Wildman–Crippen LogP) is 1.83. The van der Waals surface area contributed by atoms with E-state index in [1.165, 1.54) is 12.3 Å². The Morgan fingerprint density at radius 1 is 1.72 bits per heavy atom. The number of aromatic nitrogens is 2. The van der Waals surface area contributed by atoms with Crippen LogP contribution in [0, 0.1) is 5.92 Å². The Morgan fingerprint density at radius 3 is 2.89 bits per heavy atom. The normalized spacial score (nSPS) is 35.9. The maximum Gasteiger partial charge on any atom is 0.351 e. The second-order valence-corrected chi connectivity index (χ2v) is 5.66. The summed E-state index contributed by atoms with van der Waals surface area (Å²) in [5, 5.41) is 0. The molecule has 4 atom stereocenters. The molecule has 100 valence electrons. The van der Waals surface area contributed by atoms with E-state index in [4.69, 9.17) is 10.5 Å². The molecule has 1 aromatic rings. The van der Waals surface area contributed by atoms with E-state index in [0.717, 1.165) is 4.57 Å². The summed E-state index contributed by atoms with van der Waals surface area (Å²) in [5.41, 5.74) is 4.78. The van der Waals surface area contributed by atoms with Crippen molar-refractivity contribution in [1.29, 1.82) is 0 Å². The standard InChI is InChI=1S/C11H15BrFN3O2/c1-3-7-6(2)11(12,13)9(18-7)16-5-4-8(14)15-10(16)17/h4-7,9H,3H2,1-2H3,(H2,14,15,17)/t6-,7+,9+,11?/m0/s1. The molecule has 18 heavy (non-hydrogen) atoms. The molecule has 0 radical (unpaired) electrons. The van der Waals surface area contributed by atoms with Crippen LogP contribution in [0.3, 0.4) is 0 Å². The lowest BCUT2D eigenvalue weighted by atomic mass is 10.00. The first-order chi connectivity index (χ1) is 8.37. The minimum Gasteiger partial charge on any atom is -0.383 e. The molecule has 5 nitrogen and oxygen atoms in total. The van der Waals surface area contributed by atoms with Gasteiger partial charge in [0.05, 0.1) is 6.10 Å². The molecule has 1 fully saturated rings. The van der Waals surface area contributed by atoms with Crippen molar-refractivity contribution < 1.29 is 9.13 Å². The largest absolute Gasteiger partial charge is 0.383 e. The van der Waals surface area contributed by atoms with Crippen molar-refractivity contribution in [2.24, 2.45) is 5.92 Å². The highest BCUT2D eigenvalue weighted by Crippen LogP contribution is 2.49. The number of nitrogens with zero attached hydrogens (tertiary/aromatic N) is 2. The Balaban J connectivity index is 2.42. The summed E-state index contributed by atoms with van der Waals surface area (Å²) in [5.74, 6) is -0.259. The number of halogens is 2. The lowest BCUT2D eigenvalue weighted by Gasteiger charge is -2.23. The quantitative estimate of drug-likeness (QED) is 0.844. The molecule has 1 unspecified atom stereocenters. The van der Waals surface area contributed by atoms with Crippen molar-refractivity contribution in [1.82, 2.24) is 9.55 Å². The van der Waals surface area contributed by atoms with Crippen molar-refractivity contribution in [3.8, 4) is 0 Å². The first kappa shape index (κ1) is 13.5. The third kappa shape index (κ3) is 2.05. The Hall–Kier alpha value is -0.950. The molecule has 1 aliphatic rings. The predicted molar refractivity (Wildman–Crippen MR) is 69.0 cm³/mol. The van der Waals surface area contributed by atoms with Crippen LogP contribution in [0.1, 0.15) is 26.5 Å². The second kappa shape index (κ2) is 4.62. The van der Waals surface area contributed by atoms with E-state index in [1.807, 2.05) is 6.92 Å². The van der Waals surface area contributed by atoms with Crippen LogP contribution >= 0.6 is 15.9 Å². The molecule has 2 rings (SSSR count). The molecule has 0 bridgehead atoms. The number of rotatable bonds is 2. The van der Waals surface area contributed by atoms with E-state index >= 15 is 0 Å². The van der Waals surface area contributed by atoms with Gasteiger partial charge in [-0.3, -0.25) is 4.57 Å². The SMILES string of the molecule is CC[C@H]1O[C@@H](n2ccc(N)nc2=O)C(F)(Br)[C@H]1C. The first-order valence-corrected chi connectivity index (χ1v) is 6.55. The van der Waals surface area contributed by atoms with Crippen LogP contribution in [0.5, 0.6) is 0 Å². The van der Waals surface area contributed by atoms with Crippen LogP contribution in [0.2, 0.25) is 0 Å². The van der Waals surface area contributed by atoms with Gasteiger partial charge in [0.25, 0.3) is 0 Å². The highest BCUT2D eigenvalue weighted by atomic mass is 79.9. The molecule has 1 aromatic heterocycles. The zero-order valence-corrected chi connectivity index (χ0v) is 11.7. The van der Waals surface area contributed by atoms with Gasteiger partial charge < -0.3 is 10.5 Å². The van der Waals surface area contributed by atoms with Crippen LogP contribution in [-0.2, 0) is 4.74 Å². The van der Waals surface area contributed by atoms with Crippen LogP contribution in [0.25, 0.3) is 0 Å². The van der Waals surface area contributed by atoms with E-state index in [0.29, 0.717) is 6.42 Å². The van der Waals surface area contributed by atoms with Gasteiger partial charge in [-0.2, -0.15) is 4.98 Å². The molecule has 2 heterocycles. The molecule has 0 aromatic carbocycles. The maximum atomic E-state index is 14.6. The smallest absolute Gasteiger partial charge is 0.351 e. The molecule has 0 aliphatic carbocycles.